The van der Waals surface area contributed by atoms with Crippen molar-refractivity contribution in [3.05, 3.63) is 47.6 Å². The Morgan fingerprint density at radius 3 is 2.95 bits per heavy atom. The van der Waals surface area contributed by atoms with E-state index in [4.69, 9.17) is 4.52 Å². The van der Waals surface area contributed by atoms with Gasteiger partial charge in [-0.3, -0.25) is 4.90 Å². The molecular formula is C17H24N4O. The van der Waals surface area contributed by atoms with Gasteiger partial charge in [0.2, 0.25) is 5.89 Å². The summed E-state index contributed by atoms with van der Waals surface area (Å²) in [6.45, 7) is 4.15. The summed E-state index contributed by atoms with van der Waals surface area (Å²) in [7, 11) is 1.95. The summed E-state index contributed by atoms with van der Waals surface area (Å²) >= 11 is 0. The summed E-state index contributed by atoms with van der Waals surface area (Å²) in [5.41, 5.74) is 1.33. The van der Waals surface area contributed by atoms with Crippen LogP contribution in [0.3, 0.4) is 0 Å². The van der Waals surface area contributed by atoms with Crippen LogP contribution in [0.15, 0.2) is 34.9 Å². The van der Waals surface area contributed by atoms with E-state index in [1.807, 2.05) is 7.05 Å². The zero-order valence-corrected chi connectivity index (χ0v) is 13.3. The van der Waals surface area contributed by atoms with E-state index >= 15 is 0 Å². The average molecular weight is 300 g/mol. The largest absolute Gasteiger partial charge is 0.338 e. The lowest BCUT2D eigenvalue weighted by Crippen LogP contribution is -2.24. The fourth-order valence-electron chi connectivity index (χ4n) is 2.97. The molecule has 5 heteroatoms. The maximum Gasteiger partial charge on any atom is 0.244 e. The minimum absolute atomic E-state index is 0.256. The summed E-state index contributed by atoms with van der Waals surface area (Å²) in [6, 6.07) is 11.2. The molecule has 1 aliphatic rings. The van der Waals surface area contributed by atoms with Crippen LogP contribution in [0.5, 0.6) is 0 Å². The fourth-order valence-corrected chi connectivity index (χ4v) is 2.97. The van der Waals surface area contributed by atoms with Crippen LogP contribution < -0.4 is 5.32 Å². The molecule has 1 aromatic heterocycles. The topological polar surface area (TPSA) is 54.2 Å². The quantitative estimate of drug-likeness (QED) is 0.888. The Labute approximate surface area is 131 Å². The molecule has 1 N–H and O–H groups in total. The Bertz CT molecular complexity index is 583. The predicted molar refractivity (Wildman–Crippen MR) is 85.4 cm³/mol. The van der Waals surface area contributed by atoms with E-state index in [1.165, 1.54) is 12.0 Å². The maximum absolute atomic E-state index is 5.53. The highest BCUT2D eigenvalue weighted by molar-refractivity contribution is 5.15. The van der Waals surface area contributed by atoms with Crippen LogP contribution in [0, 0.1) is 0 Å². The molecule has 0 radical (unpaired) electrons. The predicted octanol–water partition coefficient (Wildman–Crippen LogP) is 2.56. The molecule has 1 saturated heterocycles. The molecule has 22 heavy (non-hydrogen) atoms. The number of hydrogen-bond acceptors (Lipinski definition) is 5. The van der Waals surface area contributed by atoms with Gasteiger partial charge in [-0.15, -0.1) is 0 Å². The van der Waals surface area contributed by atoms with Gasteiger partial charge in [-0.25, -0.2) is 0 Å². The standard InChI is InChI=1S/C17H24N4O/c1-13(18-2)11-16-19-17(22-20-16)15-9-6-10-21(15)12-14-7-4-3-5-8-14/h3-5,7-8,13,15,18H,6,9-12H2,1-2H3. The zero-order valence-electron chi connectivity index (χ0n) is 13.3. The van der Waals surface area contributed by atoms with Crippen LogP contribution in [-0.4, -0.2) is 34.7 Å². The lowest BCUT2D eigenvalue weighted by molar-refractivity contribution is 0.201. The van der Waals surface area contributed by atoms with Crippen LogP contribution in [0.4, 0.5) is 0 Å². The molecule has 1 aromatic carbocycles. The number of likely N-dealkylation sites (N-methyl/N-ethyl adjacent to an activating group) is 1. The summed E-state index contributed by atoms with van der Waals surface area (Å²) in [5, 5.41) is 7.34. The van der Waals surface area contributed by atoms with Gasteiger partial charge < -0.3 is 9.84 Å². The van der Waals surface area contributed by atoms with Crippen LogP contribution in [0.2, 0.25) is 0 Å². The molecule has 0 saturated carbocycles. The molecule has 3 rings (SSSR count). The highest BCUT2D eigenvalue weighted by atomic mass is 16.5. The number of benzene rings is 1. The van der Waals surface area contributed by atoms with E-state index < -0.39 is 0 Å². The monoisotopic (exact) mass is 300 g/mol. The molecule has 1 fully saturated rings. The molecule has 2 atom stereocenters. The Hall–Kier alpha value is -1.72. The number of aromatic nitrogens is 2. The number of hydrogen-bond donors (Lipinski definition) is 1. The van der Waals surface area contributed by atoms with Crippen molar-refractivity contribution in [2.24, 2.45) is 0 Å². The molecule has 0 aliphatic carbocycles. The second-order valence-electron chi connectivity index (χ2n) is 6.06. The van der Waals surface area contributed by atoms with Crippen molar-refractivity contribution >= 4 is 0 Å². The Balaban J connectivity index is 1.68. The maximum atomic E-state index is 5.53. The third kappa shape index (κ3) is 3.54. The van der Waals surface area contributed by atoms with Crippen molar-refractivity contribution in [2.45, 2.75) is 44.8 Å². The van der Waals surface area contributed by atoms with Crippen molar-refractivity contribution < 1.29 is 4.52 Å². The summed E-state index contributed by atoms with van der Waals surface area (Å²) < 4.78 is 5.53. The normalized spacial score (nSPS) is 20.4. The van der Waals surface area contributed by atoms with Crippen LogP contribution >= 0.6 is 0 Å². The molecule has 0 amide bonds. The Kier molecular flexibility index (Phi) is 4.85. The first-order chi connectivity index (χ1) is 10.8. The number of rotatable bonds is 6. The summed E-state index contributed by atoms with van der Waals surface area (Å²) in [6.07, 6.45) is 3.07. The molecule has 1 aliphatic heterocycles. The van der Waals surface area contributed by atoms with Gasteiger partial charge in [0, 0.05) is 19.0 Å². The lowest BCUT2D eigenvalue weighted by Gasteiger charge is -2.21. The van der Waals surface area contributed by atoms with Crippen LogP contribution in [0.25, 0.3) is 0 Å². The molecule has 0 bridgehead atoms. The van der Waals surface area contributed by atoms with Gasteiger partial charge in [-0.05, 0) is 38.9 Å². The summed E-state index contributed by atoms with van der Waals surface area (Å²) in [4.78, 5) is 7.05. The van der Waals surface area contributed by atoms with E-state index in [9.17, 15) is 0 Å². The molecule has 5 nitrogen and oxygen atoms in total. The molecule has 0 spiro atoms. The van der Waals surface area contributed by atoms with Gasteiger partial charge in [-0.1, -0.05) is 35.5 Å². The van der Waals surface area contributed by atoms with Crippen molar-refractivity contribution in [2.75, 3.05) is 13.6 Å². The van der Waals surface area contributed by atoms with E-state index in [0.29, 0.717) is 6.04 Å². The number of nitrogens with one attached hydrogen (secondary N) is 1. The minimum Gasteiger partial charge on any atom is -0.338 e. The highest BCUT2D eigenvalue weighted by Crippen LogP contribution is 2.32. The molecule has 2 aromatic rings. The SMILES string of the molecule is CNC(C)Cc1noc(C2CCCN2Cc2ccccc2)n1. The van der Waals surface area contributed by atoms with Crippen molar-refractivity contribution in [1.82, 2.24) is 20.4 Å². The number of likely N-dealkylation sites (tertiary alicyclic amines) is 1. The lowest BCUT2D eigenvalue weighted by atomic mass is 10.2. The van der Waals surface area contributed by atoms with Gasteiger partial charge in [0.25, 0.3) is 0 Å². The average Bonchev–Trinajstić information content (AvgIpc) is 3.17. The second kappa shape index (κ2) is 7.03. The van der Waals surface area contributed by atoms with Gasteiger partial charge >= 0.3 is 0 Å². The molecule has 2 heterocycles. The van der Waals surface area contributed by atoms with Gasteiger partial charge in [0.1, 0.15) is 0 Å². The van der Waals surface area contributed by atoms with Gasteiger partial charge in [0.15, 0.2) is 5.82 Å². The van der Waals surface area contributed by atoms with Crippen molar-refractivity contribution in [1.29, 1.82) is 0 Å². The van der Waals surface area contributed by atoms with Crippen LogP contribution in [0.1, 0.15) is 43.1 Å². The first-order valence-corrected chi connectivity index (χ1v) is 8.04. The van der Waals surface area contributed by atoms with E-state index in [-0.39, 0.29) is 6.04 Å². The van der Waals surface area contributed by atoms with Gasteiger partial charge in [-0.2, -0.15) is 4.98 Å². The van der Waals surface area contributed by atoms with Gasteiger partial charge in [0.05, 0.1) is 6.04 Å². The highest BCUT2D eigenvalue weighted by Gasteiger charge is 2.30. The van der Waals surface area contributed by atoms with E-state index in [1.54, 1.807) is 0 Å². The van der Waals surface area contributed by atoms with E-state index in [2.05, 4.69) is 57.6 Å². The zero-order chi connectivity index (χ0) is 15.4. The summed E-state index contributed by atoms with van der Waals surface area (Å²) in [5.74, 6) is 1.56. The van der Waals surface area contributed by atoms with Crippen LogP contribution in [-0.2, 0) is 13.0 Å². The first kappa shape index (κ1) is 15.2. The smallest absolute Gasteiger partial charge is 0.244 e. The first-order valence-electron chi connectivity index (χ1n) is 8.04. The minimum atomic E-state index is 0.256. The van der Waals surface area contributed by atoms with E-state index in [0.717, 1.165) is 37.6 Å². The molecule has 2 unspecified atom stereocenters. The Morgan fingerprint density at radius 2 is 2.18 bits per heavy atom. The third-order valence-electron chi connectivity index (χ3n) is 4.34. The second-order valence-corrected chi connectivity index (χ2v) is 6.06. The molecular weight excluding hydrogens is 276 g/mol. The molecule has 118 valence electrons. The fraction of sp³-hybridized carbons (Fsp3) is 0.529. The van der Waals surface area contributed by atoms with Crippen molar-refractivity contribution in [3.8, 4) is 0 Å². The number of nitrogens with zero attached hydrogens (tertiary/aromatic N) is 3. The Morgan fingerprint density at radius 1 is 1.36 bits per heavy atom. The third-order valence-corrected chi connectivity index (χ3v) is 4.34. The van der Waals surface area contributed by atoms with Crippen molar-refractivity contribution in [3.63, 3.8) is 0 Å².